The Kier molecular flexibility index (Phi) is 4.44. The van der Waals surface area contributed by atoms with Crippen molar-refractivity contribution in [2.75, 3.05) is 13.7 Å². The smallest absolute Gasteiger partial charge is 0.358 e. The molecule has 0 saturated carbocycles. The summed E-state index contributed by atoms with van der Waals surface area (Å²) in [4.78, 5) is 11.7. The highest BCUT2D eigenvalue weighted by molar-refractivity contribution is 9.10. The molecule has 0 spiro atoms. The average Bonchev–Trinajstić information content (AvgIpc) is 2.81. The van der Waals surface area contributed by atoms with Gasteiger partial charge in [0.25, 0.3) is 0 Å². The van der Waals surface area contributed by atoms with Crippen LogP contribution in [0.2, 0.25) is 0 Å². The second-order valence-corrected chi connectivity index (χ2v) is 5.02. The van der Waals surface area contributed by atoms with Gasteiger partial charge in [0.05, 0.1) is 19.4 Å². The molecule has 0 unspecified atom stereocenters. The fourth-order valence-corrected chi connectivity index (χ4v) is 2.24. The molecule has 0 saturated heterocycles. The van der Waals surface area contributed by atoms with E-state index in [0.29, 0.717) is 12.4 Å². The van der Waals surface area contributed by atoms with Gasteiger partial charge in [0.2, 0.25) is 0 Å². The van der Waals surface area contributed by atoms with Gasteiger partial charge in [-0.2, -0.15) is 5.10 Å². The highest BCUT2D eigenvalue weighted by Crippen LogP contribution is 2.32. The number of aromatic nitrogens is 2. The lowest BCUT2D eigenvalue weighted by atomic mass is 10.1. The van der Waals surface area contributed by atoms with E-state index in [9.17, 15) is 4.79 Å². The first-order valence-corrected chi connectivity index (χ1v) is 6.91. The molecule has 0 radical (unpaired) electrons. The van der Waals surface area contributed by atoms with Crippen LogP contribution in [-0.2, 0) is 11.8 Å². The van der Waals surface area contributed by atoms with Gasteiger partial charge in [0.1, 0.15) is 5.75 Å². The molecular weight excluding hydrogens is 324 g/mol. The van der Waals surface area contributed by atoms with E-state index in [1.165, 1.54) is 0 Å². The highest BCUT2D eigenvalue weighted by Gasteiger charge is 2.17. The normalized spacial score (nSPS) is 10.4. The van der Waals surface area contributed by atoms with Crippen molar-refractivity contribution in [3.05, 3.63) is 34.4 Å². The number of carbonyl (C=O) groups excluding carboxylic acids is 1. The van der Waals surface area contributed by atoms with Crippen molar-refractivity contribution in [3.63, 3.8) is 0 Å². The van der Waals surface area contributed by atoms with Crippen LogP contribution >= 0.6 is 15.9 Å². The number of hydrogen-bond donors (Lipinski definition) is 0. The van der Waals surface area contributed by atoms with Gasteiger partial charge < -0.3 is 9.47 Å². The summed E-state index contributed by atoms with van der Waals surface area (Å²) in [6, 6.07) is 7.39. The van der Waals surface area contributed by atoms with Crippen LogP contribution < -0.4 is 4.74 Å². The van der Waals surface area contributed by atoms with Gasteiger partial charge in [0.15, 0.2) is 5.69 Å². The van der Waals surface area contributed by atoms with Crippen molar-refractivity contribution >= 4 is 21.9 Å². The second-order valence-electron chi connectivity index (χ2n) is 4.10. The number of rotatable bonds is 4. The first kappa shape index (κ1) is 14.6. The zero-order valence-electron chi connectivity index (χ0n) is 11.5. The molecule has 0 aliphatic rings. The van der Waals surface area contributed by atoms with Crippen LogP contribution in [0.1, 0.15) is 17.4 Å². The molecular formula is C14H15BrN2O3. The third-order valence-corrected chi connectivity index (χ3v) is 3.30. The van der Waals surface area contributed by atoms with Crippen molar-refractivity contribution in [1.82, 2.24) is 9.78 Å². The third kappa shape index (κ3) is 2.85. The molecule has 20 heavy (non-hydrogen) atoms. The van der Waals surface area contributed by atoms with Crippen molar-refractivity contribution in [1.29, 1.82) is 0 Å². The molecule has 0 atom stereocenters. The minimum Gasteiger partial charge on any atom is -0.496 e. The number of aryl methyl sites for hydroxylation is 1. The van der Waals surface area contributed by atoms with Gasteiger partial charge in [-0.1, -0.05) is 15.9 Å². The van der Waals surface area contributed by atoms with Gasteiger partial charge in [-0.05, 0) is 31.2 Å². The highest BCUT2D eigenvalue weighted by atomic mass is 79.9. The van der Waals surface area contributed by atoms with Crippen LogP contribution in [0, 0.1) is 0 Å². The Bertz CT molecular complexity index is 637. The summed E-state index contributed by atoms with van der Waals surface area (Å²) >= 11 is 3.40. The van der Waals surface area contributed by atoms with E-state index in [0.717, 1.165) is 15.7 Å². The monoisotopic (exact) mass is 338 g/mol. The number of ether oxygens (including phenoxy) is 2. The predicted molar refractivity (Wildman–Crippen MR) is 78.9 cm³/mol. The Morgan fingerprint density at radius 2 is 2.15 bits per heavy atom. The van der Waals surface area contributed by atoms with Crippen LogP contribution in [0.4, 0.5) is 0 Å². The molecule has 1 heterocycles. The maximum atomic E-state index is 11.7. The molecule has 0 N–H and O–H groups in total. The first-order valence-electron chi connectivity index (χ1n) is 6.12. The quantitative estimate of drug-likeness (QED) is 0.804. The summed E-state index contributed by atoms with van der Waals surface area (Å²) in [7, 11) is 3.38. The van der Waals surface area contributed by atoms with Crippen LogP contribution in [0.3, 0.4) is 0 Å². The van der Waals surface area contributed by atoms with Crippen LogP contribution in [-0.4, -0.2) is 29.5 Å². The van der Waals surface area contributed by atoms with Crippen LogP contribution in [0.25, 0.3) is 11.3 Å². The van der Waals surface area contributed by atoms with E-state index in [1.807, 2.05) is 18.2 Å². The maximum Gasteiger partial charge on any atom is 0.358 e. The van der Waals surface area contributed by atoms with Gasteiger partial charge in [-0.25, -0.2) is 4.79 Å². The minimum absolute atomic E-state index is 0.286. The number of hydrogen-bond acceptors (Lipinski definition) is 4. The number of esters is 1. The third-order valence-electron chi connectivity index (χ3n) is 2.80. The molecule has 2 rings (SSSR count). The molecule has 2 aromatic rings. The van der Waals surface area contributed by atoms with E-state index in [2.05, 4.69) is 21.0 Å². The van der Waals surface area contributed by atoms with E-state index in [4.69, 9.17) is 9.47 Å². The number of halogens is 1. The number of carbonyl (C=O) groups is 1. The zero-order chi connectivity index (χ0) is 14.7. The lowest BCUT2D eigenvalue weighted by Crippen LogP contribution is -2.05. The number of nitrogens with zero attached hydrogens (tertiary/aromatic N) is 2. The van der Waals surface area contributed by atoms with Gasteiger partial charge in [0, 0.05) is 17.1 Å². The Morgan fingerprint density at radius 1 is 1.40 bits per heavy atom. The summed E-state index contributed by atoms with van der Waals surface area (Å²) < 4.78 is 12.9. The summed E-state index contributed by atoms with van der Waals surface area (Å²) in [5.74, 6) is 0.281. The maximum absolute atomic E-state index is 11.7. The van der Waals surface area contributed by atoms with E-state index >= 15 is 0 Å². The molecule has 0 aliphatic heterocycles. The Hall–Kier alpha value is -1.82. The molecule has 1 aromatic carbocycles. The lowest BCUT2D eigenvalue weighted by Gasteiger charge is -2.08. The molecule has 0 amide bonds. The van der Waals surface area contributed by atoms with Crippen molar-refractivity contribution in [2.45, 2.75) is 6.92 Å². The standard InChI is InChI=1S/C14H15BrN2O3/c1-4-20-14(18)11-8-12(17(2)16-11)10-6-5-9(15)7-13(10)19-3/h5-8H,4H2,1-3H3. The summed E-state index contributed by atoms with van der Waals surface area (Å²) in [5, 5.41) is 4.18. The summed E-state index contributed by atoms with van der Waals surface area (Å²) in [6.45, 7) is 2.09. The SMILES string of the molecule is CCOC(=O)c1cc(-c2ccc(Br)cc2OC)n(C)n1. The van der Waals surface area contributed by atoms with Gasteiger partial charge >= 0.3 is 5.97 Å². The molecule has 0 aliphatic carbocycles. The lowest BCUT2D eigenvalue weighted by molar-refractivity contribution is 0.0518. The molecule has 1 aromatic heterocycles. The number of methoxy groups -OCH3 is 1. The van der Waals surface area contributed by atoms with E-state index < -0.39 is 5.97 Å². The zero-order valence-corrected chi connectivity index (χ0v) is 13.1. The van der Waals surface area contributed by atoms with Crippen molar-refractivity contribution in [2.24, 2.45) is 7.05 Å². The summed E-state index contributed by atoms with van der Waals surface area (Å²) in [5.41, 5.74) is 1.94. The second kappa shape index (κ2) is 6.09. The minimum atomic E-state index is -0.426. The van der Waals surface area contributed by atoms with Gasteiger partial charge in [-0.15, -0.1) is 0 Å². The molecule has 5 nitrogen and oxygen atoms in total. The van der Waals surface area contributed by atoms with Crippen LogP contribution in [0.15, 0.2) is 28.7 Å². The largest absolute Gasteiger partial charge is 0.496 e. The van der Waals surface area contributed by atoms with E-state index in [-0.39, 0.29) is 5.69 Å². The topological polar surface area (TPSA) is 53.4 Å². The molecule has 0 fully saturated rings. The number of benzene rings is 1. The predicted octanol–water partition coefficient (Wildman–Crippen LogP) is 3.03. The van der Waals surface area contributed by atoms with Crippen molar-refractivity contribution < 1.29 is 14.3 Å². The fraction of sp³-hybridized carbons (Fsp3) is 0.286. The Morgan fingerprint density at radius 3 is 2.80 bits per heavy atom. The average molecular weight is 339 g/mol. The Balaban J connectivity index is 2.46. The molecule has 106 valence electrons. The Labute approximate surface area is 125 Å². The van der Waals surface area contributed by atoms with Crippen molar-refractivity contribution in [3.8, 4) is 17.0 Å². The van der Waals surface area contributed by atoms with Crippen LogP contribution in [0.5, 0.6) is 5.75 Å². The first-order chi connectivity index (χ1) is 9.56. The molecule has 0 bridgehead atoms. The fourth-order valence-electron chi connectivity index (χ4n) is 1.90. The van der Waals surface area contributed by atoms with E-state index in [1.54, 1.807) is 31.8 Å². The summed E-state index contributed by atoms with van der Waals surface area (Å²) in [6.07, 6.45) is 0. The molecule has 6 heteroatoms. The van der Waals surface area contributed by atoms with Gasteiger partial charge in [-0.3, -0.25) is 4.68 Å².